The summed E-state index contributed by atoms with van der Waals surface area (Å²) in [7, 11) is 3.64. The average Bonchev–Trinajstić information content (AvgIpc) is 2.56. The van der Waals surface area contributed by atoms with Crippen LogP contribution in [0.1, 0.15) is 11.4 Å². The molecule has 0 amide bonds. The van der Waals surface area contributed by atoms with Crippen LogP contribution in [-0.2, 0) is 13.1 Å². The fourth-order valence-electron chi connectivity index (χ4n) is 2.72. The van der Waals surface area contributed by atoms with Gasteiger partial charge in [-0.2, -0.15) is 0 Å². The van der Waals surface area contributed by atoms with Gasteiger partial charge in [0.15, 0.2) is 0 Å². The van der Waals surface area contributed by atoms with Crippen molar-refractivity contribution < 1.29 is 4.74 Å². The molecule has 25 heavy (non-hydrogen) atoms. The van der Waals surface area contributed by atoms with E-state index in [1.807, 2.05) is 37.4 Å². The van der Waals surface area contributed by atoms with Gasteiger partial charge in [-0.15, -0.1) is 0 Å². The molecule has 2 aromatic carbocycles. The number of methoxy groups -OCH3 is 1. The van der Waals surface area contributed by atoms with Crippen LogP contribution in [0.15, 0.2) is 50.1 Å². The lowest BCUT2D eigenvalue weighted by Crippen LogP contribution is -2.22. The van der Waals surface area contributed by atoms with Gasteiger partial charge in [-0.05, 0) is 41.2 Å². The number of benzene rings is 2. The van der Waals surface area contributed by atoms with Crippen molar-refractivity contribution in [3.63, 3.8) is 0 Å². The Hall–Kier alpha value is -1.70. The monoisotopic (exact) mass is 465 g/mol. The van der Waals surface area contributed by atoms with Crippen molar-refractivity contribution in [3.05, 3.63) is 67.1 Å². The summed E-state index contributed by atoms with van der Waals surface area (Å²) in [5.41, 5.74) is 1.60. The van der Waals surface area contributed by atoms with E-state index in [9.17, 15) is 4.79 Å². The standard InChI is InChI=1S/C18H17Br2N3O2/c1-23(9-11-5-3-4-6-15(11)25-2)10-16-21-17-13(18(24)22-16)7-12(19)8-14(17)20/h3-8H,9-10H2,1-2H3,(H,21,22,24). The molecule has 0 aliphatic rings. The Kier molecular flexibility index (Phi) is 5.56. The predicted molar refractivity (Wildman–Crippen MR) is 106 cm³/mol. The summed E-state index contributed by atoms with van der Waals surface area (Å²) >= 11 is 6.88. The Labute approximate surface area is 162 Å². The zero-order valence-corrected chi connectivity index (χ0v) is 17.0. The first-order valence-electron chi connectivity index (χ1n) is 7.66. The first-order valence-corrected chi connectivity index (χ1v) is 9.25. The van der Waals surface area contributed by atoms with E-state index in [0.717, 1.165) is 20.3 Å². The smallest absolute Gasteiger partial charge is 0.258 e. The molecule has 0 fully saturated rings. The minimum atomic E-state index is -0.146. The molecule has 0 bridgehead atoms. The molecule has 0 saturated heterocycles. The number of aromatic amines is 1. The quantitative estimate of drug-likeness (QED) is 0.615. The van der Waals surface area contributed by atoms with Gasteiger partial charge in [0.25, 0.3) is 5.56 Å². The maximum Gasteiger partial charge on any atom is 0.258 e. The molecule has 0 aliphatic carbocycles. The van der Waals surface area contributed by atoms with E-state index in [1.54, 1.807) is 13.2 Å². The highest BCUT2D eigenvalue weighted by Crippen LogP contribution is 2.25. The van der Waals surface area contributed by atoms with Gasteiger partial charge in [0.2, 0.25) is 0 Å². The third-order valence-electron chi connectivity index (χ3n) is 3.83. The van der Waals surface area contributed by atoms with Crippen LogP contribution in [0.25, 0.3) is 10.9 Å². The third-order valence-corrected chi connectivity index (χ3v) is 4.89. The highest BCUT2D eigenvalue weighted by Gasteiger charge is 2.11. The summed E-state index contributed by atoms with van der Waals surface area (Å²) < 4.78 is 7.01. The normalized spacial score (nSPS) is 11.2. The van der Waals surface area contributed by atoms with Crippen LogP contribution < -0.4 is 10.3 Å². The minimum Gasteiger partial charge on any atom is -0.496 e. The summed E-state index contributed by atoms with van der Waals surface area (Å²) in [5.74, 6) is 1.47. The molecule has 0 spiro atoms. The number of hydrogen-bond acceptors (Lipinski definition) is 4. The van der Waals surface area contributed by atoms with Gasteiger partial charge >= 0.3 is 0 Å². The Morgan fingerprint density at radius 3 is 2.72 bits per heavy atom. The van der Waals surface area contributed by atoms with Crippen molar-refractivity contribution in [1.29, 1.82) is 0 Å². The lowest BCUT2D eigenvalue weighted by molar-refractivity contribution is 0.303. The number of H-pyrrole nitrogens is 1. The van der Waals surface area contributed by atoms with Gasteiger partial charge in [0, 0.05) is 21.1 Å². The van der Waals surface area contributed by atoms with Crippen LogP contribution in [0, 0.1) is 0 Å². The van der Waals surface area contributed by atoms with Crippen molar-refractivity contribution in [2.24, 2.45) is 0 Å². The molecule has 1 N–H and O–H groups in total. The topological polar surface area (TPSA) is 58.2 Å². The fraction of sp³-hybridized carbons (Fsp3) is 0.222. The second-order valence-corrected chi connectivity index (χ2v) is 7.55. The predicted octanol–water partition coefficient (Wildman–Crippen LogP) is 4.09. The lowest BCUT2D eigenvalue weighted by Gasteiger charge is -2.18. The number of ether oxygens (including phenoxy) is 1. The molecule has 0 atom stereocenters. The number of halogens is 2. The zero-order chi connectivity index (χ0) is 18.0. The Bertz CT molecular complexity index is 972. The molecule has 0 aliphatic heterocycles. The van der Waals surface area contributed by atoms with Gasteiger partial charge in [-0.25, -0.2) is 4.98 Å². The molecule has 7 heteroatoms. The van der Waals surface area contributed by atoms with Crippen molar-refractivity contribution >= 4 is 42.8 Å². The number of fused-ring (bicyclic) bond motifs is 1. The molecule has 1 aromatic heterocycles. The Morgan fingerprint density at radius 1 is 1.20 bits per heavy atom. The molecule has 5 nitrogen and oxygen atoms in total. The molecule has 1 heterocycles. The summed E-state index contributed by atoms with van der Waals surface area (Å²) in [6.45, 7) is 1.21. The van der Waals surface area contributed by atoms with Crippen LogP contribution in [0.5, 0.6) is 5.75 Å². The summed E-state index contributed by atoms with van der Waals surface area (Å²) in [5, 5.41) is 0.553. The van der Waals surface area contributed by atoms with Crippen LogP contribution in [-0.4, -0.2) is 29.0 Å². The van der Waals surface area contributed by atoms with Gasteiger partial charge in [0.1, 0.15) is 11.6 Å². The highest BCUT2D eigenvalue weighted by molar-refractivity contribution is 9.11. The molecule has 130 valence electrons. The maximum atomic E-state index is 12.4. The molecule has 0 saturated carbocycles. The summed E-state index contributed by atoms with van der Waals surface area (Å²) in [4.78, 5) is 21.9. The molecule has 3 aromatic rings. The number of nitrogens with one attached hydrogen (secondary N) is 1. The minimum absolute atomic E-state index is 0.146. The number of nitrogens with zero attached hydrogens (tertiary/aromatic N) is 2. The molecular formula is C18H17Br2N3O2. The van der Waals surface area contributed by atoms with Gasteiger partial charge in [-0.1, -0.05) is 34.1 Å². The van der Waals surface area contributed by atoms with E-state index in [4.69, 9.17) is 4.74 Å². The van der Waals surface area contributed by atoms with Crippen molar-refractivity contribution in [2.75, 3.05) is 14.2 Å². The summed E-state index contributed by atoms with van der Waals surface area (Å²) in [6.07, 6.45) is 0. The third kappa shape index (κ3) is 4.11. The molecular weight excluding hydrogens is 450 g/mol. The van der Waals surface area contributed by atoms with E-state index in [2.05, 4.69) is 46.7 Å². The summed E-state index contributed by atoms with van der Waals surface area (Å²) in [6, 6.07) is 11.6. The van der Waals surface area contributed by atoms with E-state index in [1.165, 1.54) is 0 Å². The van der Waals surface area contributed by atoms with Crippen LogP contribution in [0.4, 0.5) is 0 Å². The first-order chi connectivity index (χ1) is 12.0. The molecule has 0 unspecified atom stereocenters. The largest absolute Gasteiger partial charge is 0.496 e. The number of aromatic nitrogens is 2. The zero-order valence-electron chi connectivity index (χ0n) is 13.8. The van der Waals surface area contributed by atoms with Gasteiger partial charge < -0.3 is 9.72 Å². The van der Waals surface area contributed by atoms with E-state index in [-0.39, 0.29) is 5.56 Å². The average molecular weight is 467 g/mol. The van der Waals surface area contributed by atoms with Crippen LogP contribution >= 0.6 is 31.9 Å². The number of hydrogen-bond donors (Lipinski definition) is 1. The van der Waals surface area contributed by atoms with E-state index < -0.39 is 0 Å². The van der Waals surface area contributed by atoms with E-state index in [0.29, 0.717) is 29.8 Å². The first kappa shape index (κ1) is 18.1. The lowest BCUT2D eigenvalue weighted by atomic mass is 10.2. The van der Waals surface area contributed by atoms with Crippen molar-refractivity contribution in [1.82, 2.24) is 14.9 Å². The fourth-order valence-corrected chi connectivity index (χ4v) is 4.04. The Balaban J connectivity index is 1.86. The number of rotatable bonds is 5. The molecule has 0 radical (unpaired) electrons. The van der Waals surface area contributed by atoms with Gasteiger partial charge in [0.05, 0.1) is 24.6 Å². The molecule has 3 rings (SSSR count). The van der Waals surface area contributed by atoms with E-state index >= 15 is 0 Å². The highest BCUT2D eigenvalue weighted by atomic mass is 79.9. The number of para-hydroxylation sites is 1. The Morgan fingerprint density at radius 2 is 1.96 bits per heavy atom. The van der Waals surface area contributed by atoms with Crippen molar-refractivity contribution in [3.8, 4) is 5.75 Å². The SMILES string of the molecule is COc1ccccc1CN(C)Cc1nc2c(Br)cc(Br)cc2c(=O)[nH]1. The maximum absolute atomic E-state index is 12.4. The van der Waals surface area contributed by atoms with Crippen LogP contribution in [0.2, 0.25) is 0 Å². The van der Waals surface area contributed by atoms with Gasteiger partial charge in [-0.3, -0.25) is 9.69 Å². The second-order valence-electron chi connectivity index (χ2n) is 5.78. The van der Waals surface area contributed by atoms with Crippen molar-refractivity contribution in [2.45, 2.75) is 13.1 Å². The second kappa shape index (κ2) is 7.68. The van der Waals surface area contributed by atoms with Crippen LogP contribution in [0.3, 0.4) is 0 Å².